The van der Waals surface area contributed by atoms with Gasteiger partial charge in [-0.25, -0.2) is 14.5 Å². The van der Waals surface area contributed by atoms with Gasteiger partial charge >= 0.3 is 12.1 Å². The van der Waals surface area contributed by atoms with E-state index >= 15 is 0 Å². The fourth-order valence-electron chi connectivity index (χ4n) is 2.63. The highest BCUT2D eigenvalue weighted by atomic mass is 17.5. The van der Waals surface area contributed by atoms with Gasteiger partial charge in [-0.3, -0.25) is 4.89 Å². The molecule has 0 heterocycles. The van der Waals surface area contributed by atoms with E-state index in [0.29, 0.717) is 11.5 Å². The molecule has 0 atom stereocenters. The van der Waals surface area contributed by atoms with E-state index < -0.39 is 12.1 Å². The Labute approximate surface area is 135 Å². The fraction of sp³-hybridized carbons (Fsp3) is 0.529. The highest BCUT2D eigenvalue weighted by Crippen LogP contribution is 2.28. The summed E-state index contributed by atoms with van der Waals surface area (Å²) in [6.07, 6.45) is 3.70. The van der Waals surface area contributed by atoms with Gasteiger partial charge in [0.05, 0.1) is 10.6 Å². The average molecular weight is 322 g/mol. The molecule has 0 spiro atoms. The largest absolute Gasteiger partial charge is 0.543 e. The molecule has 126 valence electrons. The van der Waals surface area contributed by atoms with Crippen LogP contribution in [0.25, 0.3) is 0 Å². The van der Waals surface area contributed by atoms with Crippen molar-refractivity contribution in [2.24, 2.45) is 5.92 Å². The molecule has 0 aliphatic heterocycles. The lowest BCUT2D eigenvalue weighted by Gasteiger charge is -2.26. The minimum absolute atomic E-state index is 0.165. The van der Waals surface area contributed by atoms with E-state index in [2.05, 4.69) is 21.7 Å². The fourth-order valence-corrected chi connectivity index (χ4v) is 2.63. The van der Waals surface area contributed by atoms with Gasteiger partial charge in [0.1, 0.15) is 6.10 Å². The van der Waals surface area contributed by atoms with Crippen LogP contribution >= 0.6 is 0 Å². The van der Waals surface area contributed by atoms with Crippen molar-refractivity contribution in [2.45, 2.75) is 52.1 Å². The Balaban J connectivity index is 1.65. The predicted molar refractivity (Wildman–Crippen MR) is 81.3 cm³/mol. The lowest BCUT2D eigenvalue weighted by Crippen LogP contribution is -2.25. The van der Waals surface area contributed by atoms with E-state index in [1.807, 2.05) is 6.92 Å². The van der Waals surface area contributed by atoms with Crippen LogP contribution in [0.2, 0.25) is 0 Å². The zero-order valence-electron chi connectivity index (χ0n) is 13.4. The summed E-state index contributed by atoms with van der Waals surface area (Å²) in [4.78, 5) is 31.8. The van der Waals surface area contributed by atoms with Crippen LogP contribution in [-0.2, 0) is 19.6 Å². The third-order valence-corrected chi connectivity index (χ3v) is 4.13. The van der Waals surface area contributed by atoms with Gasteiger partial charge in [0.15, 0.2) is 0 Å². The summed E-state index contributed by atoms with van der Waals surface area (Å²) >= 11 is 0. The molecule has 1 aliphatic rings. The molecule has 1 aromatic carbocycles. The summed E-state index contributed by atoms with van der Waals surface area (Å²) in [7, 11) is 0. The van der Waals surface area contributed by atoms with Gasteiger partial charge in [0.25, 0.3) is 0 Å². The number of rotatable bonds is 5. The molecule has 0 bridgehead atoms. The van der Waals surface area contributed by atoms with Gasteiger partial charge in [-0.1, -0.05) is 31.0 Å². The Morgan fingerprint density at radius 3 is 2.30 bits per heavy atom. The van der Waals surface area contributed by atoms with E-state index in [4.69, 9.17) is 4.74 Å². The van der Waals surface area contributed by atoms with Gasteiger partial charge in [-0.15, -0.1) is 0 Å². The number of benzene rings is 1. The quantitative estimate of drug-likeness (QED) is 0.461. The normalized spacial score (nSPS) is 20.6. The van der Waals surface area contributed by atoms with E-state index in [1.54, 1.807) is 24.3 Å². The molecule has 23 heavy (non-hydrogen) atoms. The third-order valence-electron chi connectivity index (χ3n) is 4.13. The number of ether oxygens (including phenoxy) is 1. The smallest absolute Gasteiger partial charge is 0.429 e. The van der Waals surface area contributed by atoms with Gasteiger partial charge in [0, 0.05) is 0 Å². The highest BCUT2D eigenvalue weighted by Gasteiger charge is 2.24. The minimum Gasteiger partial charge on any atom is -0.429 e. The Bertz CT molecular complexity index is 516. The second-order valence-corrected chi connectivity index (χ2v) is 5.81. The molecular formula is C17H22O6. The van der Waals surface area contributed by atoms with E-state index in [0.717, 1.165) is 37.7 Å². The number of hydrogen-bond donors (Lipinski definition) is 0. The van der Waals surface area contributed by atoms with Crippen LogP contribution in [0.4, 0.5) is 4.79 Å². The topological polar surface area (TPSA) is 71.1 Å². The SMILES string of the molecule is CCC1CCC(OC(=O)OOOC(=O)c2ccc(C)cc2)CC1. The maximum atomic E-state index is 11.6. The van der Waals surface area contributed by atoms with Crippen molar-refractivity contribution in [3.63, 3.8) is 0 Å². The number of aryl methyl sites for hydroxylation is 1. The summed E-state index contributed by atoms with van der Waals surface area (Å²) in [5.41, 5.74) is 1.31. The van der Waals surface area contributed by atoms with Gasteiger partial charge in [-0.2, -0.15) is 0 Å². The molecule has 6 heteroatoms. The first-order valence-corrected chi connectivity index (χ1v) is 7.91. The summed E-state index contributed by atoms with van der Waals surface area (Å²) < 4.78 is 5.11. The Morgan fingerprint density at radius 1 is 1.04 bits per heavy atom. The maximum absolute atomic E-state index is 11.6. The number of carbonyl (C=O) groups is 2. The Hall–Kier alpha value is -2.08. The van der Waals surface area contributed by atoms with Crippen LogP contribution in [0.15, 0.2) is 24.3 Å². The van der Waals surface area contributed by atoms with Crippen LogP contribution in [0.1, 0.15) is 54.9 Å². The predicted octanol–water partition coefficient (Wildman–Crippen LogP) is 4.12. The summed E-state index contributed by atoms with van der Waals surface area (Å²) in [5, 5.41) is 4.20. The minimum atomic E-state index is -0.998. The Morgan fingerprint density at radius 2 is 1.70 bits per heavy atom. The zero-order chi connectivity index (χ0) is 16.7. The zero-order valence-corrected chi connectivity index (χ0v) is 13.4. The van der Waals surface area contributed by atoms with Crippen molar-refractivity contribution in [2.75, 3.05) is 0 Å². The van der Waals surface area contributed by atoms with Crippen molar-refractivity contribution < 1.29 is 29.1 Å². The van der Waals surface area contributed by atoms with E-state index in [-0.39, 0.29) is 6.10 Å². The Kier molecular flexibility index (Phi) is 6.40. The maximum Gasteiger partial charge on any atom is 0.543 e. The molecule has 6 nitrogen and oxygen atoms in total. The summed E-state index contributed by atoms with van der Waals surface area (Å²) in [6.45, 7) is 4.06. The van der Waals surface area contributed by atoms with Crippen molar-refractivity contribution >= 4 is 12.1 Å². The first-order chi connectivity index (χ1) is 11.1. The molecule has 1 saturated carbocycles. The number of hydrogen-bond acceptors (Lipinski definition) is 6. The average Bonchev–Trinajstić information content (AvgIpc) is 2.56. The van der Waals surface area contributed by atoms with Crippen molar-refractivity contribution in [3.05, 3.63) is 35.4 Å². The van der Waals surface area contributed by atoms with Gasteiger partial charge < -0.3 is 4.74 Å². The van der Waals surface area contributed by atoms with Gasteiger partial charge in [-0.05, 0) is 50.7 Å². The summed E-state index contributed by atoms with van der Waals surface area (Å²) in [6, 6.07) is 6.70. The molecule has 0 unspecified atom stereocenters. The van der Waals surface area contributed by atoms with Crippen LogP contribution in [0.3, 0.4) is 0 Å². The van der Waals surface area contributed by atoms with Crippen molar-refractivity contribution in [3.8, 4) is 0 Å². The molecule has 0 radical (unpaired) electrons. The third kappa shape index (κ3) is 5.56. The molecule has 1 fully saturated rings. The molecule has 0 saturated heterocycles. The molecule has 0 amide bonds. The monoisotopic (exact) mass is 322 g/mol. The second kappa shape index (κ2) is 8.53. The van der Waals surface area contributed by atoms with Crippen LogP contribution in [0.5, 0.6) is 0 Å². The van der Waals surface area contributed by atoms with Crippen LogP contribution in [-0.4, -0.2) is 18.2 Å². The van der Waals surface area contributed by atoms with Crippen LogP contribution in [0, 0.1) is 12.8 Å². The second-order valence-electron chi connectivity index (χ2n) is 5.81. The molecule has 0 N–H and O–H groups in total. The first kappa shape index (κ1) is 17.3. The molecule has 1 aromatic rings. The van der Waals surface area contributed by atoms with Crippen molar-refractivity contribution in [1.82, 2.24) is 0 Å². The van der Waals surface area contributed by atoms with Crippen LogP contribution < -0.4 is 0 Å². The first-order valence-electron chi connectivity index (χ1n) is 7.91. The lowest BCUT2D eigenvalue weighted by atomic mass is 9.86. The molecule has 0 aromatic heterocycles. The lowest BCUT2D eigenvalue weighted by molar-refractivity contribution is -0.453. The van der Waals surface area contributed by atoms with Crippen molar-refractivity contribution in [1.29, 1.82) is 0 Å². The molecular weight excluding hydrogens is 300 g/mol. The molecule has 1 aliphatic carbocycles. The van der Waals surface area contributed by atoms with Gasteiger partial charge in [0.2, 0.25) is 0 Å². The standard InChI is InChI=1S/C17H22O6/c1-3-13-6-10-15(11-7-13)20-17(19)22-23-21-16(18)14-8-4-12(2)5-9-14/h4-5,8-9,13,15H,3,6-7,10-11H2,1-2H3. The number of carbonyl (C=O) groups excluding carboxylic acids is 2. The van der Waals surface area contributed by atoms with E-state index in [1.165, 1.54) is 0 Å². The molecule has 2 rings (SSSR count). The van der Waals surface area contributed by atoms with E-state index in [9.17, 15) is 9.59 Å². The summed E-state index contributed by atoms with van der Waals surface area (Å²) in [5.74, 6) is -0.0427. The highest BCUT2D eigenvalue weighted by molar-refractivity contribution is 5.88.